The fourth-order valence-corrected chi connectivity index (χ4v) is 2.72. The van der Waals surface area contributed by atoms with Crippen LogP contribution >= 0.6 is 23.2 Å². The molecule has 0 aliphatic heterocycles. The maximum atomic E-state index is 12.5. The highest BCUT2D eigenvalue weighted by Crippen LogP contribution is 2.34. The van der Waals surface area contributed by atoms with Crippen LogP contribution in [0.3, 0.4) is 0 Å². The Balaban J connectivity index is 1.95. The highest BCUT2D eigenvalue weighted by molar-refractivity contribution is 6.42. The average Bonchev–Trinajstić information content (AvgIpc) is 3.20. The Morgan fingerprint density at radius 1 is 1.29 bits per heavy atom. The van der Waals surface area contributed by atoms with E-state index in [1.54, 1.807) is 18.2 Å². The predicted octanol–water partition coefficient (Wildman–Crippen LogP) is 4.44. The van der Waals surface area contributed by atoms with E-state index in [4.69, 9.17) is 23.2 Å². The van der Waals surface area contributed by atoms with Gasteiger partial charge in [-0.1, -0.05) is 35.3 Å². The Morgan fingerprint density at radius 3 is 2.52 bits per heavy atom. The zero-order valence-electron chi connectivity index (χ0n) is 11.2. The lowest BCUT2D eigenvalue weighted by Crippen LogP contribution is -2.37. The Bertz CT molecular complexity index is 492. The maximum Gasteiger partial charge on any atom is 0.401 e. The molecular formula is C14H16Cl2F3NO. The van der Waals surface area contributed by atoms with Crippen molar-refractivity contribution in [2.75, 3.05) is 13.1 Å². The number of halogens is 5. The molecular weight excluding hydrogens is 326 g/mol. The first-order valence-electron chi connectivity index (χ1n) is 6.70. The van der Waals surface area contributed by atoms with Crippen molar-refractivity contribution in [2.45, 2.75) is 37.6 Å². The number of hydrogen-bond acceptors (Lipinski definition) is 2. The van der Waals surface area contributed by atoms with Crippen LogP contribution in [0.4, 0.5) is 13.2 Å². The standard InChI is InChI=1S/C14H16Cl2F3NO/c15-11-3-1-2-10(13(11)16)12(21)6-7-20(9-4-5-9)8-14(17,18)19/h1-3,9,12,21H,4-8H2. The quantitative estimate of drug-likeness (QED) is 0.826. The van der Waals surface area contributed by atoms with Gasteiger partial charge in [-0.15, -0.1) is 0 Å². The summed E-state index contributed by atoms with van der Waals surface area (Å²) in [5, 5.41) is 10.7. The number of aliphatic hydroxyl groups excluding tert-OH is 1. The molecule has 0 aromatic heterocycles. The molecule has 0 saturated heterocycles. The minimum Gasteiger partial charge on any atom is -0.388 e. The summed E-state index contributed by atoms with van der Waals surface area (Å²) in [6.07, 6.45) is -3.40. The molecule has 1 aliphatic carbocycles. The van der Waals surface area contributed by atoms with Crippen LogP contribution in [-0.4, -0.2) is 35.3 Å². The third-order valence-electron chi connectivity index (χ3n) is 3.48. The van der Waals surface area contributed by atoms with Crippen molar-refractivity contribution in [3.05, 3.63) is 33.8 Å². The normalized spacial score (nSPS) is 17.3. The smallest absolute Gasteiger partial charge is 0.388 e. The number of hydrogen-bond donors (Lipinski definition) is 1. The molecule has 2 rings (SSSR count). The molecule has 1 atom stereocenters. The SMILES string of the molecule is OC(CCN(CC(F)(F)F)C1CC1)c1cccc(Cl)c1Cl. The van der Waals surface area contributed by atoms with E-state index < -0.39 is 18.8 Å². The van der Waals surface area contributed by atoms with Gasteiger partial charge in [-0.05, 0) is 25.3 Å². The van der Waals surface area contributed by atoms with Gasteiger partial charge in [0, 0.05) is 18.2 Å². The molecule has 1 saturated carbocycles. The van der Waals surface area contributed by atoms with E-state index in [0.29, 0.717) is 10.6 Å². The lowest BCUT2D eigenvalue weighted by molar-refractivity contribution is -0.147. The number of nitrogens with zero attached hydrogens (tertiary/aromatic N) is 1. The average molecular weight is 342 g/mol. The molecule has 1 aromatic carbocycles. The van der Waals surface area contributed by atoms with Crippen LogP contribution in [0.5, 0.6) is 0 Å². The monoisotopic (exact) mass is 341 g/mol. The van der Waals surface area contributed by atoms with E-state index >= 15 is 0 Å². The van der Waals surface area contributed by atoms with Gasteiger partial charge in [0.15, 0.2) is 0 Å². The van der Waals surface area contributed by atoms with Gasteiger partial charge in [-0.3, -0.25) is 4.90 Å². The van der Waals surface area contributed by atoms with Crippen LogP contribution in [0.1, 0.15) is 30.9 Å². The van der Waals surface area contributed by atoms with Crippen molar-refractivity contribution in [3.63, 3.8) is 0 Å². The minimum absolute atomic E-state index is 0.0198. The van der Waals surface area contributed by atoms with Gasteiger partial charge in [-0.25, -0.2) is 0 Å². The number of benzene rings is 1. The fraction of sp³-hybridized carbons (Fsp3) is 0.571. The maximum absolute atomic E-state index is 12.5. The summed E-state index contributed by atoms with van der Waals surface area (Å²) in [5.41, 5.74) is 0.451. The van der Waals surface area contributed by atoms with Crippen molar-refractivity contribution in [1.82, 2.24) is 4.90 Å². The molecule has 0 bridgehead atoms. The van der Waals surface area contributed by atoms with Crippen LogP contribution in [0.2, 0.25) is 10.0 Å². The van der Waals surface area contributed by atoms with E-state index in [9.17, 15) is 18.3 Å². The topological polar surface area (TPSA) is 23.5 Å². The van der Waals surface area contributed by atoms with Crippen molar-refractivity contribution in [3.8, 4) is 0 Å². The first-order valence-corrected chi connectivity index (χ1v) is 7.46. The van der Waals surface area contributed by atoms with Gasteiger partial charge in [0.2, 0.25) is 0 Å². The lowest BCUT2D eigenvalue weighted by atomic mass is 10.1. The lowest BCUT2D eigenvalue weighted by Gasteiger charge is -2.24. The summed E-state index contributed by atoms with van der Waals surface area (Å²) >= 11 is 11.9. The van der Waals surface area contributed by atoms with Crippen molar-refractivity contribution >= 4 is 23.2 Å². The van der Waals surface area contributed by atoms with Gasteiger partial charge < -0.3 is 5.11 Å². The second-order valence-electron chi connectivity index (χ2n) is 5.26. The zero-order chi connectivity index (χ0) is 15.6. The molecule has 1 fully saturated rings. The Labute approximate surface area is 131 Å². The van der Waals surface area contributed by atoms with Crippen LogP contribution in [-0.2, 0) is 0 Å². The second-order valence-corrected chi connectivity index (χ2v) is 6.05. The Morgan fingerprint density at radius 2 is 1.95 bits per heavy atom. The molecule has 7 heteroatoms. The zero-order valence-corrected chi connectivity index (χ0v) is 12.7. The number of alkyl halides is 3. The van der Waals surface area contributed by atoms with Gasteiger partial charge in [0.25, 0.3) is 0 Å². The third kappa shape index (κ3) is 5.02. The molecule has 1 aromatic rings. The van der Waals surface area contributed by atoms with E-state index in [1.165, 1.54) is 4.90 Å². The fourth-order valence-electron chi connectivity index (χ4n) is 2.28. The Kier molecular flexibility index (Phi) is 5.41. The summed E-state index contributed by atoms with van der Waals surface area (Å²) in [6, 6.07) is 4.86. The predicted molar refractivity (Wildman–Crippen MR) is 76.7 cm³/mol. The molecule has 2 nitrogen and oxygen atoms in total. The summed E-state index contributed by atoms with van der Waals surface area (Å²) in [6.45, 7) is -0.762. The summed E-state index contributed by atoms with van der Waals surface area (Å²) in [5.74, 6) is 0. The number of rotatable bonds is 6. The summed E-state index contributed by atoms with van der Waals surface area (Å²) in [7, 11) is 0. The van der Waals surface area contributed by atoms with Gasteiger partial charge in [0.05, 0.1) is 22.7 Å². The highest BCUT2D eigenvalue weighted by atomic mass is 35.5. The number of aliphatic hydroxyl groups is 1. The van der Waals surface area contributed by atoms with Crippen LogP contribution < -0.4 is 0 Å². The van der Waals surface area contributed by atoms with Crippen molar-refractivity contribution in [1.29, 1.82) is 0 Å². The van der Waals surface area contributed by atoms with Gasteiger partial charge in [-0.2, -0.15) is 13.2 Å². The van der Waals surface area contributed by atoms with Crippen LogP contribution in [0, 0.1) is 0 Å². The van der Waals surface area contributed by atoms with Crippen LogP contribution in [0.25, 0.3) is 0 Å². The van der Waals surface area contributed by atoms with E-state index in [1.807, 2.05) is 0 Å². The molecule has 0 heterocycles. The van der Waals surface area contributed by atoms with E-state index in [2.05, 4.69) is 0 Å². The molecule has 0 radical (unpaired) electrons. The Hall–Kier alpha value is -0.490. The van der Waals surface area contributed by atoms with E-state index in [-0.39, 0.29) is 24.0 Å². The van der Waals surface area contributed by atoms with Gasteiger partial charge >= 0.3 is 6.18 Å². The molecule has 1 aliphatic rings. The van der Waals surface area contributed by atoms with Crippen LogP contribution in [0.15, 0.2) is 18.2 Å². The summed E-state index contributed by atoms with van der Waals surface area (Å²) in [4.78, 5) is 1.38. The largest absolute Gasteiger partial charge is 0.401 e. The minimum atomic E-state index is -4.22. The molecule has 0 amide bonds. The van der Waals surface area contributed by atoms with Crippen molar-refractivity contribution < 1.29 is 18.3 Å². The third-order valence-corrected chi connectivity index (χ3v) is 4.31. The molecule has 118 valence electrons. The van der Waals surface area contributed by atoms with E-state index in [0.717, 1.165) is 12.8 Å². The molecule has 0 spiro atoms. The highest BCUT2D eigenvalue weighted by Gasteiger charge is 2.37. The molecule has 21 heavy (non-hydrogen) atoms. The second kappa shape index (κ2) is 6.73. The molecule has 1 N–H and O–H groups in total. The first kappa shape index (κ1) is 16.9. The van der Waals surface area contributed by atoms with Crippen molar-refractivity contribution in [2.24, 2.45) is 0 Å². The first-order chi connectivity index (χ1) is 9.78. The van der Waals surface area contributed by atoms with Gasteiger partial charge in [0.1, 0.15) is 0 Å². The molecule has 1 unspecified atom stereocenters. The summed E-state index contributed by atoms with van der Waals surface area (Å²) < 4.78 is 37.5.